The molecule has 0 aromatic rings. The Bertz CT molecular complexity index is 45.6. The maximum atomic E-state index is 4.29. The molecule has 1 aliphatic heterocycles. The molecular formula is C2H2N2O. The Hall–Kier alpha value is -0.600. The fourth-order valence-electron chi connectivity index (χ4n) is 0.144. The van der Waals surface area contributed by atoms with Crippen LogP contribution in [0.3, 0.4) is 0 Å². The molecule has 3 heteroatoms. The van der Waals surface area contributed by atoms with Crippen LogP contribution < -0.4 is 0 Å². The molecule has 2 radical (unpaired) electrons. The first-order valence-electron chi connectivity index (χ1n) is 1.25. The lowest BCUT2D eigenvalue weighted by atomic mass is 10.8. The summed E-state index contributed by atoms with van der Waals surface area (Å²) in [6.07, 6.45) is 0. The van der Waals surface area contributed by atoms with Gasteiger partial charge in [0.1, 0.15) is 0 Å². The second-order valence-corrected chi connectivity index (χ2v) is 0.613. The second kappa shape index (κ2) is 1.01. The van der Waals surface area contributed by atoms with Crippen molar-refractivity contribution in [2.75, 3.05) is 6.61 Å². The van der Waals surface area contributed by atoms with E-state index in [-0.39, 0.29) is 0 Å². The van der Waals surface area contributed by atoms with Gasteiger partial charge in [-0.25, -0.2) is 0 Å². The Morgan fingerprint density at radius 2 is 2.80 bits per heavy atom. The van der Waals surface area contributed by atoms with Gasteiger partial charge >= 0.3 is 0 Å². The van der Waals surface area contributed by atoms with Gasteiger partial charge in [-0.2, -0.15) is 0 Å². The summed E-state index contributed by atoms with van der Waals surface area (Å²) in [6, 6.07) is 0. The van der Waals surface area contributed by atoms with Crippen molar-refractivity contribution in [1.29, 1.82) is 0 Å². The van der Waals surface area contributed by atoms with Gasteiger partial charge in [-0.05, 0) is 0 Å². The van der Waals surface area contributed by atoms with E-state index in [1.807, 2.05) is 0 Å². The minimum Gasteiger partial charge on any atom is -0.377 e. The highest BCUT2D eigenvalue weighted by Crippen LogP contribution is 1.92. The van der Waals surface area contributed by atoms with Gasteiger partial charge in [0.05, 0.1) is 0 Å². The first-order valence-corrected chi connectivity index (χ1v) is 1.25. The standard InChI is InChI=1S/C2H2N2O/c1-2-5-4-3-1/h2H2. The molecule has 0 fully saturated rings. The van der Waals surface area contributed by atoms with Crippen LogP contribution in [-0.2, 0) is 4.84 Å². The van der Waals surface area contributed by atoms with Gasteiger partial charge in [0.2, 0.25) is 0 Å². The Morgan fingerprint density at radius 1 is 1.80 bits per heavy atom. The average molecular weight is 70.1 g/mol. The minimum atomic E-state index is 0.417. The molecule has 5 heavy (non-hydrogen) atoms. The predicted octanol–water partition coefficient (Wildman–Crippen LogP) is 0.423. The quantitative estimate of drug-likeness (QED) is 0.406. The molecule has 0 spiro atoms. The molecule has 0 saturated heterocycles. The third-order valence-electron chi connectivity index (χ3n) is 0.298. The molecule has 0 unspecified atom stereocenters. The van der Waals surface area contributed by atoms with Crippen LogP contribution in [0.1, 0.15) is 0 Å². The Morgan fingerprint density at radius 3 is 3.00 bits per heavy atom. The van der Waals surface area contributed by atoms with E-state index in [1.165, 1.54) is 0 Å². The van der Waals surface area contributed by atoms with Crippen LogP contribution >= 0.6 is 0 Å². The first kappa shape index (κ1) is 2.63. The maximum absolute atomic E-state index is 4.29. The van der Waals surface area contributed by atoms with Crippen LogP contribution in [0, 0.1) is 6.54 Å². The summed E-state index contributed by atoms with van der Waals surface area (Å²) in [7, 11) is 0. The number of hydrogen-bond donors (Lipinski definition) is 0. The maximum Gasteiger partial charge on any atom is 0.188 e. The Labute approximate surface area is 29.6 Å². The fourth-order valence-corrected chi connectivity index (χ4v) is 0.144. The largest absolute Gasteiger partial charge is 0.377 e. The van der Waals surface area contributed by atoms with Crippen molar-refractivity contribution in [1.82, 2.24) is 0 Å². The molecule has 0 aromatic carbocycles. The first-order chi connectivity index (χ1) is 2.50. The Balaban J connectivity index is 2.32. The highest BCUT2D eigenvalue weighted by Gasteiger charge is 1.90. The SMILES string of the molecule is [C]1CON=N1. The summed E-state index contributed by atoms with van der Waals surface area (Å²) in [4.78, 5) is 4.29. The van der Waals surface area contributed by atoms with Gasteiger partial charge in [0, 0.05) is 5.28 Å². The molecule has 0 aromatic heterocycles. The third kappa shape index (κ3) is 0.344. The van der Waals surface area contributed by atoms with Gasteiger partial charge in [-0.3, -0.25) is 0 Å². The zero-order valence-electron chi connectivity index (χ0n) is 2.51. The number of rotatable bonds is 0. The average Bonchev–Trinajstić information content (AvgIpc) is 1.76. The van der Waals surface area contributed by atoms with Crippen molar-refractivity contribution in [3.8, 4) is 0 Å². The lowest BCUT2D eigenvalue weighted by Gasteiger charge is -1.71. The van der Waals surface area contributed by atoms with E-state index in [0.717, 1.165) is 0 Å². The molecule has 0 aliphatic carbocycles. The van der Waals surface area contributed by atoms with Crippen LogP contribution in [0.5, 0.6) is 0 Å². The van der Waals surface area contributed by atoms with Crippen molar-refractivity contribution in [3.63, 3.8) is 0 Å². The van der Waals surface area contributed by atoms with Crippen molar-refractivity contribution < 1.29 is 4.84 Å². The van der Waals surface area contributed by atoms with E-state index in [9.17, 15) is 0 Å². The fraction of sp³-hybridized carbons (Fsp3) is 0.500. The zero-order valence-corrected chi connectivity index (χ0v) is 2.51. The van der Waals surface area contributed by atoms with E-state index < -0.39 is 0 Å². The molecular weight excluding hydrogens is 68.0 g/mol. The van der Waals surface area contributed by atoms with Crippen molar-refractivity contribution in [3.05, 3.63) is 6.54 Å². The molecule has 0 saturated carbocycles. The molecule has 3 nitrogen and oxygen atoms in total. The number of nitrogens with zero attached hydrogens (tertiary/aromatic N) is 2. The molecule has 1 heterocycles. The van der Waals surface area contributed by atoms with Crippen LogP contribution in [0.4, 0.5) is 0 Å². The van der Waals surface area contributed by atoms with Crippen LogP contribution in [0.2, 0.25) is 0 Å². The highest BCUT2D eigenvalue weighted by atomic mass is 16.6. The molecule has 1 rings (SSSR count). The summed E-state index contributed by atoms with van der Waals surface area (Å²) in [6.45, 7) is 2.88. The van der Waals surface area contributed by atoms with E-state index in [1.54, 1.807) is 0 Å². The molecule has 0 atom stereocenters. The van der Waals surface area contributed by atoms with Crippen molar-refractivity contribution in [2.24, 2.45) is 10.4 Å². The molecule has 26 valence electrons. The summed E-state index contributed by atoms with van der Waals surface area (Å²) in [5.74, 6) is 0. The molecule has 0 N–H and O–H groups in total. The predicted molar refractivity (Wildman–Crippen MR) is 14.1 cm³/mol. The summed E-state index contributed by atoms with van der Waals surface area (Å²) in [5, 5.41) is 6.33. The smallest absolute Gasteiger partial charge is 0.188 e. The lowest BCUT2D eigenvalue weighted by Crippen LogP contribution is -1.71. The third-order valence-corrected chi connectivity index (χ3v) is 0.298. The normalized spacial score (nSPS) is 19.2. The summed E-state index contributed by atoms with van der Waals surface area (Å²) in [5.41, 5.74) is 0. The zero-order chi connectivity index (χ0) is 3.54. The van der Waals surface area contributed by atoms with Gasteiger partial charge in [-0.15, -0.1) is 5.11 Å². The van der Waals surface area contributed by atoms with Gasteiger partial charge < -0.3 is 4.84 Å². The highest BCUT2D eigenvalue weighted by molar-refractivity contribution is 4.55. The topological polar surface area (TPSA) is 34.0 Å². The van der Waals surface area contributed by atoms with Crippen LogP contribution in [0.25, 0.3) is 0 Å². The van der Waals surface area contributed by atoms with Crippen molar-refractivity contribution in [2.45, 2.75) is 0 Å². The number of hydrogen-bond acceptors (Lipinski definition) is 3. The van der Waals surface area contributed by atoms with E-state index in [2.05, 4.69) is 21.8 Å². The van der Waals surface area contributed by atoms with Crippen LogP contribution in [-0.4, -0.2) is 6.61 Å². The van der Waals surface area contributed by atoms with Gasteiger partial charge in [0.15, 0.2) is 13.2 Å². The second-order valence-electron chi connectivity index (χ2n) is 0.613. The van der Waals surface area contributed by atoms with Gasteiger partial charge in [0.25, 0.3) is 0 Å². The Kier molecular flexibility index (Phi) is 0.532. The van der Waals surface area contributed by atoms with Gasteiger partial charge in [-0.1, -0.05) is 0 Å². The van der Waals surface area contributed by atoms with E-state index >= 15 is 0 Å². The summed E-state index contributed by atoms with van der Waals surface area (Å²) >= 11 is 0. The van der Waals surface area contributed by atoms with Crippen LogP contribution in [0.15, 0.2) is 10.4 Å². The lowest BCUT2D eigenvalue weighted by molar-refractivity contribution is 0.179. The summed E-state index contributed by atoms with van der Waals surface area (Å²) < 4.78 is 0. The monoisotopic (exact) mass is 70.0 g/mol. The van der Waals surface area contributed by atoms with Crippen molar-refractivity contribution >= 4 is 0 Å². The van der Waals surface area contributed by atoms with E-state index in [4.69, 9.17) is 0 Å². The molecule has 0 amide bonds. The van der Waals surface area contributed by atoms with E-state index in [0.29, 0.717) is 6.61 Å². The minimum absolute atomic E-state index is 0.417. The molecule has 1 aliphatic rings. The molecule has 0 bridgehead atoms.